The summed E-state index contributed by atoms with van der Waals surface area (Å²) in [4.78, 5) is 15.1. The van der Waals surface area contributed by atoms with Gasteiger partial charge in [0.15, 0.2) is 6.29 Å². The van der Waals surface area contributed by atoms with Gasteiger partial charge < -0.3 is 4.42 Å². The van der Waals surface area contributed by atoms with Crippen LogP contribution < -0.4 is 0 Å². The normalized spacial score (nSPS) is 10.6. The number of carbonyl (C=O) groups excluding carboxylic acids is 1. The quantitative estimate of drug-likeness (QED) is 0.626. The maximum atomic E-state index is 11.0. The summed E-state index contributed by atoms with van der Waals surface area (Å²) in [5.74, 6) is 0. The molecule has 3 rings (SSSR count). The molecule has 0 aliphatic carbocycles. The van der Waals surface area contributed by atoms with Gasteiger partial charge in [-0.2, -0.15) is 0 Å². The largest absolute Gasteiger partial charge is 0.464 e. The highest BCUT2D eigenvalue weighted by Gasteiger charge is 2.07. The molecule has 0 atom stereocenters. The summed E-state index contributed by atoms with van der Waals surface area (Å²) in [7, 11) is 0. The summed E-state index contributed by atoms with van der Waals surface area (Å²) in [6.07, 6.45) is 5.90. The molecule has 0 aliphatic heterocycles. The zero-order valence-electron chi connectivity index (χ0n) is 8.96. The lowest BCUT2D eigenvalue weighted by molar-refractivity contribution is 0.112. The summed E-state index contributed by atoms with van der Waals surface area (Å²) >= 11 is 0. The van der Waals surface area contributed by atoms with Crippen molar-refractivity contribution in [2.45, 2.75) is 0 Å². The molecule has 3 heteroatoms. The molecule has 0 radical (unpaired) electrons. The number of aldehydes is 1. The average molecular weight is 223 g/mol. The third-order valence-electron chi connectivity index (χ3n) is 2.70. The first kappa shape index (κ1) is 9.78. The summed E-state index contributed by atoms with van der Waals surface area (Å²) < 4.78 is 5.28. The topological polar surface area (TPSA) is 43.1 Å². The van der Waals surface area contributed by atoms with E-state index in [1.165, 1.54) is 0 Å². The lowest BCUT2D eigenvalue weighted by Gasteiger charge is -2.02. The molecule has 0 spiro atoms. The minimum absolute atomic E-state index is 0.561. The Morgan fingerprint density at radius 2 is 2.12 bits per heavy atom. The lowest BCUT2D eigenvalue weighted by atomic mass is 10.0. The first-order valence-electron chi connectivity index (χ1n) is 5.25. The van der Waals surface area contributed by atoms with Crippen LogP contribution in [0.4, 0.5) is 0 Å². The third kappa shape index (κ3) is 1.61. The van der Waals surface area contributed by atoms with Gasteiger partial charge in [0.2, 0.25) is 0 Å². The molecule has 3 aromatic rings. The van der Waals surface area contributed by atoms with Crippen LogP contribution in [0.2, 0.25) is 0 Å². The number of hydrogen-bond donors (Lipinski definition) is 0. The molecule has 17 heavy (non-hydrogen) atoms. The standard InChI is InChI=1S/C14H9NO2/c16-9-13-7-12(11-2-1-4-15-8-11)6-10-3-5-17-14(10)13/h1-9H. The highest BCUT2D eigenvalue weighted by atomic mass is 16.3. The van der Waals surface area contributed by atoms with Gasteiger partial charge in [0.1, 0.15) is 5.58 Å². The minimum atomic E-state index is 0.561. The second-order valence-electron chi connectivity index (χ2n) is 3.76. The van der Waals surface area contributed by atoms with Gasteiger partial charge in [-0.05, 0) is 29.8 Å². The third-order valence-corrected chi connectivity index (χ3v) is 2.70. The molecule has 0 saturated carbocycles. The number of benzene rings is 1. The second-order valence-corrected chi connectivity index (χ2v) is 3.76. The van der Waals surface area contributed by atoms with Crippen molar-refractivity contribution in [3.05, 3.63) is 54.6 Å². The molecule has 0 saturated heterocycles. The van der Waals surface area contributed by atoms with E-state index in [1.807, 2.05) is 30.3 Å². The Morgan fingerprint density at radius 1 is 1.18 bits per heavy atom. The molecule has 0 aliphatic rings. The molecular formula is C14H9NO2. The number of pyridine rings is 1. The number of rotatable bonds is 2. The van der Waals surface area contributed by atoms with Crippen LogP contribution in [-0.4, -0.2) is 11.3 Å². The number of aromatic nitrogens is 1. The zero-order chi connectivity index (χ0) is 11.7. The van der Waals surface area contributed by atoms with Gasteiger partial charge in [-0.15, -0.1) is 0 Å². The van der Waals surface area contributed by atoms with Crippen LogP contribution in [0.3, 0.4) is 0 Å². The minimum Gasteiger partial charge on any atom is -0.464 e. The van der Waals surface area contributed by atoms with E-state index in [0.717, 1.165) is 22.8 Å². The van der Waals surface area contributed by atoms with E-state index in [0.29, 0.717) is 11.1 Å². The maximum absolute atomic E-state index is 11.0. The van der Waals surface area contributed by atoms with Gasteiger partial charge in [-0.1, -0.05) is 6.07 Å². The molecule has 82 valence electrons. The first-order chi connectivity index (χ1) is 8.38. The summed E-state index contributed by atoms with van der Waals surface area (Å²) in [5.41, 5.74) is 3.15. The van der Waals surface area contributed by atoms with E-state index >= 15 is 0 Å². The van der Waals surface area contributed by atoms with Gasteiger partial charge in [0, 0.05) is 23.3 Å². The summed E-state index contributed by atoms with van der Waals surface area (Å²) in [6.45, 7) is 0. The monoisotopic (exact) mass is 223 g/mol. The number of carbonyl (C=O) groups is 1. The van der Waals surface area contributed by atoms with E-state index in [9.17, 15) is 4.79 Å². The van der Waals surface area contributed by atoms with Gasteiger partial charge in [-0.3, -0.25) is 9.78 Å². The average Bonchev–Trinajstić information content (AvgIpc) is 2.86. The van der Waals surface area contributed by atoms with Crippen molar-refractivity contribution in [3.8, 4) is 11.1 Å². The highest BCUT2D eigenvalue weighted by Crippen LogP contribution is 2.27. The van der Waals surface area contributed by atoms with Gasteiger partial charge in [0.05, 0.1) is 11.8 Å². The number of hydrogen-bond acceptors (Lipinski definition) is 3. The fourth-order valence-electron chi connectivity index (χ4n) is 1.90. The van der Waals surface area contributed by atoms with Crippen molar-refractivity contribution in [1.29, 1.82) is 0 Å². The Kier molecular flexibility index (Phi) is 2.22. The molecule has 2 heterocycles. The highest BCUT2D eigenvalue weighted by molar-refractivity contribution is 5.97. The first-order valence-corrected chi connectivity index (χ1v) is 5.25. The van der Waals surface area contributed by atoms with Crippen LogP contribution >= 0.6 is 0 Å². The molecule has 0 unspecified atom stereocenters. The molecule has 0 bridgehead atoms. The molecule has 0 fully saturated rings. The van der Waals surface area contributed by atoms with Crippen molar-refractivity contribution in [2.24, 2.45) is 0 Å². The molecule has 3 nitrogen and oxygen atoms in total. The second kappa shape index (κ2) is 3.87. The predicted molar refractivity (Wildman–Crippen MR) is 64.8 cm³/mol. The maximum Gasteiger partial charge on any atom is 0.153 e. The van der Waals surface area contributed by atoms with E-state index in [-0.39, 0.29) is 0 Å². The Hall–Kier alpha value is -2.42. The van der Waals surface area contributed by atoms with Gasteiger partial charge in [0.25, 0.3) is 0 Å². The predicted octanol–water partition coefficient (Wildman–Crippen LogP) is 3.31. The fraction of sp³-hybridized carbons (Fsp3) is 0. The summed E-state index contributed by atoms with van der Waals surface area (Å²) in [5, 5.41) is 0.924. The Labute approximate surface area is 97.7 Å². The number of furan rings is 1. The SMILES string of the molecule is O=Cc1cc(-c2cccnc2)cc2ccoc12. The van der Waals surface area contributed by atoms with Gasteiger partial charge >= 0.3 is 0 Å². The summed E-state index contributed by atoms with van der Waals surface area (Å²) in [6, 6.07) is 9.49. The van der Waals surface area contributed by atoms with Crippen LogP contribution in [0.5, 0.6) is 0 Å². The lowest BCUT2D eigenvalue weighted by Crippen LogP contribution is -1.85. The Balaban J connectivity index is 2.28. The molecule has 2 aromatic heterocycles. The molecule has 1 aromatic carbocycles. The van der Waals surface area contributed by atoms with Gasteiger partial charge in [-0.25, -0.2) is 0 Å². The fourth-order valence-corrected chi connectivity index (χ4v) is 1.90. The Morgan fingerprint density at radius 3 is 2.88 bits per heavy atom. The van der Waals surface area contributed by atoms with E-state index in [4.69, 9.17) is 4.42 Å². The molecular weight excluding hydrogens is 214 g/mol. The van der Waals surface area contributed by atoms with E-state index in [1.54, 1.807) is 18.7 Å². The number of fused-ring (bicyclic) bond motifs is 1. The van der Waals surface area contributed by atoms with Crippen molar-refractivity contribution in [3.63, 3.8) is 0 Å². The number of nitrogens with zero attached hydrogens (tertiary/aromatic N) is 1. The van der Waals surface area contributed by atoms with Crippen molar-refractivity contribution >= 4 is 17.3 Å². The van der Waals surface area contributed by atoms with Crippen molar-refractivity contribution < 1.29 is 9.21 Å². The van der Waals surface area contributed by atoms with Crippen molar-refractivity contribution in [2.75, 3.05) is 0 Å². The van der Waals surface area contributed by atoms with Crippen LogP contribution in [0.25, 0.3) is 22.1 Å². The Bertz CT molecular complexity index is 671. The van der Waals surface area contributed by atoms with Crippen LogP contribution in [0, 0.1) is 0 Å². The van der Waals surface area contributed by atoms with Crippen LogP contribution in [0.15, 0.2) is 53.4 Å². The molecule has 0 amide bonds. The van der Waals surface area contributed by atoms with Crippen LogP contribution in [0.1, 0.15) is 10.4 Å². The molecule has 0 N–H and O–H groups in total. The smallest absolute Gasteiger partial charge is 0.153 e. The zero-order valence-corrected chi connectivity index (χ0v) is 8.96. The van der Waals surface area contributed by atoms with Crippen molar-refractivity contribution in [1.82, 2.24) is 4.98 Å². The van der Waals surface area contributed by atoms with E-state index in [2.05, 4.69) is 4.98 Å². The van der Waals surface area contributed by atoms with Crippen LogP contribution in [-0.2, 0) is 0 Å². The van der Waals surface area contributed by atoms with E-state index < -0.39 is 0 Å².